The quantitative estimate of drug-likeness (QED) is 0.667. The molecule has 2 aromatic rings. The van der Waals surface area contributed by atoms with Gasteiger partial charge in [0.1, 0.15) is 11.7 Å². The van der Waals surface area contributed by atoms with E-state index in [0.29, 0.717) is 11.4 Å². The van der Waals surface area contributed by atoms with E-state index in [1.807, 2.05) is 6.07 Å². The summed E-state index contributed by atoms with van der Waals surface area (Å²) >= 11 is 0. The van der Waals surface area contributed by atoms with E-state index in [4.69, 9.17) is 5.26 Å². The number of benzene rings is 2. The first-order valence-electron chi connectivity index (χ1n) is 7.98. The minimum atomic E-state index is -0.827. The number of nitrogens with zero attached hydrogens (tertiary/aromatic N) is 4. The van der Waals surface area contributed by atoms with Crippen LogP contribution in [0.1, 0.15) is 22.8 Å². The standard InChI is InChI=1S/C19H14FN5O2/c1-12-16(19(27)25(24-12)14-5-3-2-4-6-14)11-22-23-18(26)15-8-7-13(10-21)9-17(15)20/h2-9,11,16H,1H3,(H,23,26)/b22-11+/t16-/m0/s1. The first kappa shape index (κ1) is 17.9. The molecular weight excluding hydrogens is 349 g/mol. The Hall–Kier alpha value is -3.86. The molecule has 27 heavy (non-hydrogen) atoms. The molecule has 2 amide bonds. The van der Waals surface area contributed by atoms with Gasteiger partial charge in [-0.15, -0.1) is 0 Å². The number of hydrogen-bond donors (Lipinski definition) is 1. The van der Waals surface area contributed by atoms with Crippen molar-refractivity contribution in [2.75, 3.05) is 5.01 Å². The van der Waals surface area contributed by atoms with Crippen molar-refractivity contribution < 1.29 is 14.0 Å². The molecular formula is C19H14FN5O2. The van der Waals surface area contributed by atoms with Crippen molar-refractivity contribution in [3.63, 3.8) is 0 Å². The highest BCUT2D eigenvalue weighted by Crippen LogP contribution is 2.22. The number of hydrazone groups is 2. The van der Waals surface area contributed by atoms with Gasteiger partial charge in [0.2, 0.25) is 0 Å². The maximum atomic E-state index is 13.8. The average Bonchev–Trinajstić information content (AvgIpc) is 2.96. The van der Waals surface area contributed by atoms with Crippen molar-refractivity contribution >= 4 is 29.4 Å². The van der Waals surface area contributed by atoms with Crippen molar-refractivity contribution in [2.45, 2.75) is 6.92 Å². The second-order valence-corrected chi connectivity index (χ2v) is 5.73. The Kier molecular flexibility index (Phi) is 5.04. The van der Waals surface area contributed by atoms with Crippen LogP contribution < -0.4 is 10.4 Å². The van der Waals surface area contributed by atoms with E-state index in [1.54, 1.807) is 37.3 Å². The molecule has 8 heteroatoms. The van der Waals surface area contributed by atoms with E-state index < -0.39 is 17.6 Å². The number of carbonyl (C=O) groups excluding carboxylic acids is 2. The second kappa shape index (κ2) is 7.58. The molecule has 1 atom stereocenters. The molecule has 0 aromatic heterocycles. The van der Waals surface area contributed by atoms with Gasteiger partial charge in [-0.25, -0.2) is 9.82 Å². The zero-order chi connectivity index (χ0) is 19.4. The van der Waals surface area contributed by atoms with Crippen LogP contribution in [-0.4, -0.2) is 23.7 Å². The van der Waals surface area contributed by atoms with Crippen molar-refractivity contribution in [1.82, 2.24) is 5.43 Å². The summed E-state index contributed by atoms with van der Waals surface area (Å²) in [6, 6.07) is 14.2. The maximum absolute atomic E-state index is 13.8. The highest BCUT2D eigenvalue weighted by molar-refractivity contribution is 6.23. The zero-order valence-electron chi connectivity index (χ0n) is 14.3. The lowest BCUT2D eigenvalue weighted by molar-refractivity contribution is -0.118. The minimum Gasteiger partial charge on any atom is -0.271 e. The number of halogens is 1. The van der Waals surface area contributed by atoms with Crippen LogP contribution in [-0.2, 0) is 4.79 Å². The van der Waals surface area contributed by atoms with Gasteiger partial charge < -0.3 is 0 Å². The van der Waals surface area contributed by atoms with Crippen LogP contribution in [0.2, 0.25) is 0 Å². The van der Waals surface area contributed by atoms with Gasteiger partial charge >= 0.3 is 0 Å². The lowest BCUT2D eigenvalue weighted by Crippen LogP contribution is -2.29. The molecule has 3 rings (SSSR count). The third kappa shape index (κ3) is 3.72. The van der Waals surface area contributed by atoms with Crippen molar-refractivity contribution in [3.05, 3.63) is 65.5 Å². The van der Waals surface area contributed by atoms with E-state index >= 15 is 0 Å². The number of nitriles is 1. The summed E-state index contributed by atoms with van der Waals surface area (Å²) in [5.74, 6) is -2.64. The highest BCUT2D eigenvalue weighted by Gasteiger charge is 2.33. The van der Waals surface area contributed by atoms with Gasteiger partial charge in [0.05, 0.1) is 28.6 Å². The summed E-state index contributed by atoms with van der Waals surface area (Å²) in [7, 11) is 0. The molecule has 1 heterocycles. The molecule has 1 aliphatic rings. The SMILES string of the molecule is CC1=NN(c2ccccc2)C(=O)[C@H]1/C=N/NC(=O)c1ccc(C#N)cc1F. The van der Waals surface area contributed by atoms with Gasteiger partial charge in [-0.1, -0.05) is 18.2 Å². The predicted molar refractivity (Wildman–Crippen MR) is 97.6 cm³/mol. The third-order valence-corrected chi connectivity index (χ3v) is 3.92. The first-order valence-corrected chi connectivity index (χ1v) is 7.98. The molecule has 0 saturated carbocycles. The molecule has 7 nitrogen and oxygen atoms in total. The number of amides is 2. The van der Waals surface area contributed by atoms with Gasteiger partial charge in [-0.05, 0) is 37.3 Å². The number of carbonyl (C=O) groups is 2. The molecule has 0 bridgehead atoms. The van der Waals surface area contributed by atoms with Crippen molar-refractivity contribution in [3.8, 4) is 6.07 Å². The van der Waals surface area contributed by atoms with Crippen molar-refractivity contribution in [1.29, 1.82) is 5.26 Å². The molecule has 2 aromatic carbocycles. The molecule has 0 aliphatic carbocycles. The lowest BCUT2D eigenvalue weighted by atomic mass is 10.1. The molecule has 0 spiro atoms. The summed E-state index contributed by atoms with van der Waals surface area (Å²) in [4.78, 5) is 24.5. The lowest BCUT2D eigenvalue weighted by Gasteiger charge is -2.12. The number of hydrogen-bond acceptors (Lipinski definition) is 5. The number of para-hydroxylation sites is 1. The Morgan fingerprint density at radius 3 is 2.74 bits per heavy atom. The highest BCUT2D eigenvalue weighted by atomic mass is 19.1. The maximum Gasteiger partial charge on any atom is 0.274 e. The molecule has 0 radical (unpaired) electrons. The Morgan fingerprint density at radius 2 is 2.07 bits per heavy atom. The van der Waals surface area contributed by atoms with Crippen molar-refractivity contribution in [2.24, 2.45) is 16.1 Å². The van der Waals surface area contributed by atoms with Gasteiger partial charge in [-0.3, -0.25) is 9.59 Å². The zero-order valence-corrected chi connectivity index (χ0v) is 14.3. The van der Waals surface area contributed by atoms with Crippen LogP contribution in [0.15, 0.2) is 58.7 Å². The number of nitrogens with one attached hydrogen (secondary N) is 1. The van der Waals surface area contributed by atoms with Crippen LogP contribution in [0.3, 0.4) is 0 Å². The fourth-order valence-electron chi connectivity index (χ4n) is 2.50. The topological polar surface area (TPSA) is 97.9 Å². The molecule has 0 fully saturated rings. The van der Waals surface area contributed by atoms with Gasteiger partial charge in [0.15, 0.2) is 0 Å². The molecule has 1 N–H and O–H groups in total. The van der Waals surface area contributed by atoms with E-state index in [2.05, 4.69) is 15.6 Å². The minimum absolute atomic E-state index is 0.108. The van der Waals surface area contributed by atoms with Crippen LogP contribution >= 0.6 is 0 Å². The molecule has 134 valence electrons. The number of rotatable bonds is 4. The van der Waals surface area contributed by atoms with Gasteiger partial charge in [0, 0.05) is 6.21 Å². The summed E-state index contributed by atoms with van der Waals surface area (Å²) in [6.07, 6.45) is 1.25. The van der Waals surface area contributed by atoms with Crippen LogP contribution in [0, 0.1) is 23.1 Å². The first-order chi connectivity index (χ1) is 13.0. The fraction of sp³-hybridized carbons (Fsp3) is 0.105. The van der Waals surface area contributed by atoms with E-state index in [9.17, 15) is 14.0 Å². The molecule has 0 saturated heterocycles. The summed E-state index contributed by atoms with van der Waals surface area (Å²) in [5.41, 5.74) is 3.19. The fourth-order valence-corrected chi connectivity index (χ4v) is 2.50. The Bertz CT molecular complexity index is 995. The Balaban J connectivity index is 1.68. The summed E-state index contributed by atoms with van der Waals surface area (Å²) in [5, 5.41) is 18.0. The molecule has 1 aliphatic heterocycles. The van der Waals surface area contributed by atoms with Gasteiger partial charge in [-0.2, -0.15) is 20.5 Å². The molecule has 0 unspecified atom stereocenters. The number of anilines is 1. The smallest absolute Gasteiger partial charge is 0.271 e. The third-order valence-electron chi connectivity index (χ3n) is 3.92. The normalized spacial score (nSPS) is 16.3. The summed E-state index contributed by atoms with van der Waals surface area (Å²) in [6.45, 7) is 1.68. The monoisotopic (exact) mass is 363 g/mol. The summed E-state index contributed by atoms with van der Waals surface area (Å²) < 4.78 is 13.8. The Labute approximate surface area is 154 Å². The van der Waals surface area contributed by atoms with Crippen LogP contribution in [0.4, 0.5) is 10.1 Å². The Morgan fingerprint density at radius 1 is 1.33 bits per heavy atom. The van der Waals surface area contributed by atoms with Gasteiger partial charge in [0.25, 0.3) is 11.8 Å². The average molecular weight is 363 g/mol. The largest absolute Gasteiger partial charge is 0.274 e. The predicted octanol–water partition coefficient (Wildman–Crippen LogP) is 2.45. The van der Waals surface area contributed by atoms with E-state index in [0.717, 1.165) is 6.07 Å². The van der Waals surface area contributed by atoms with Crippen LogP contribution in [0.5, 0.6) is 0 Å². The van der Waals surface area contributed by atoms with Crippen LogP contribution in [0.25, 0.3) is 0 Å². The second-order valence-electron chi connectivity index (χ2n) is 5.73. The van der Waals surface area contributed by atoms with E-state index in [1.165, 1.54) is 23.4 Å². The van der Waals surface area contributed by atoms with E-state index in [-0.39, 0.29) is 17.0 Å².